The Morgan fingerprint density at radius 3 is 2.50 bits per heavy atom. The lowest BCUT2D eigenvalue weighted by atomic mass is 9.95. The minimum absolute atomic E-state index is 0.316. The molecule has 0 spiro atoms. The van der Waals surface area contributed by atoms with Crippen molar-refractivity contribution in [1.82, 2.24) is 5.32 Å². The van der Waals surface area contributed by atoms with E-state index < -0.39 is 11.8 Å². The Morgan fingerprint density at radius 1 is 1.25 bits per heavy atom. The van der Waals surface area contributed by atoms with Crippen molar-refractivity contribution in [3.63, 3.8) is 0 Å². The predicted molar refractivity (Wildman–Crippen MR) is 60.2 cm³/mol. The summed E-state index contributed by atoms with van der Waals surface area (Å²) < 4.78 is 0. The number of carbonyl (C=O) groups excluding carboxylic acids is 2. The number of amides is 2. The third-order valence-electron chi connectivity index (χ3n) is 2.63. The number of aliphatic imine (C=N–C) groups is 1. The van der Waals surface area contributed by atoms with Crippen molar-refractivity contribution in [3.8, 4) is 0 Å². The van der Waals surface area contributed by atoms with E-state index in [1.54, 1.807) is 0 Å². The summed E-state index contributed by atoms with van der Waals surface area (Å²) in [6.07, 6.45) is 2.07. The van der Waals surface area contributed by atoms with Gasteiger partial charge in [-0.3, -0.25) is 9.59 Å². The van der Waals surface area contributed by atoms with Crippen LogP contribution < -0.4 is 5.32 Å². The lowest BCUT2D eigenvalue weighted by molar-refractivity contribution is -0.129. The lowest BCUT2D eigenvalue weighted by Crippen LogP contribution is -2.36. The average Bonchev–Trinajstić information content (AvgIpc) is 2.30. The van der Waals surface area contributed by atoms with E-state index in [4.69, 9.17) is 0 Å². The molecule has 82 valence electrons. The van der Waals surface area contributed by atoms with Gasteiger partial charge in [0.2, 0.25) is 5.91 Å². The molecule has 2 amide bonds. The smallest absolute Gasteiger partial charge is 0.264 e. The first-order chi connectivity index (χ1) is 7.72. The van der Waals surface area contributed by atoms with Gasteiger partial charge < -0.3 is 5.32 Å². The van der Waals surface area contributed by atoms with Gasteiger partial charge in [0.05, 0.1) is 6.34 Å². The Balaban J connectivity index is 2.32. The zero-order valence-corrected chi connectivity index (χ0v) is 8.93. The maximum absolute atomic E-state index is 11.5. The zero-order valence-electron chi connectivity index (χ0n) is 8.93. The van der Waals surface area contributed by atoms with Crippen LogP contribution in [-0.2, 0) is 16.0 Å². The largest absolute Gasteiger partial charge is 0.316 e. The Morgan fingerprint density at radius 2 is 1.94 bits per heavy atom. The van der Waals surface area contributed by atoms with Crippen LogP contribution in [-0.4, -0.2) is 18.2 Å². The maximum atomic E-state index is 11.5. The molecule has 4 nitrogen and oxygen atoms in total. The fraction of sp³-hybridized carbons (Fsp3) is 0.250. The summed E-state index contributed by atoms with van der Waals surface area (Å²) in [4.78, 5) is 26.6. The molecule has 1 atom stereocenters. The number of hydrogen-bond donors (Lipinski definition) is 1. The van der Waals surface area contributed by atoms with E-state index in [1.165, 1.54) is 5.56 Å². The molecule has 1 aliphatic rings. The molecule has 0 saturated heterocycles. The predicted octanol–water partition coefficient (Wildman–Crippen LogP) is 1.02. The molecular formula is C12H12N2O2. The van der Waals surface area contributed by atoms with Gasteiger partial charge >= 0.3 is 0 Å². The van der Waals surface area contributed by atoms with Gasteiger partial charge in [-0.1, -0.05) is 31.2 Å². The molecule has 2 rings (SSSR count). The molecule has 0 fully saturated rings. The highest BCUT2D eigenvalue weighted by Gasteiger charge is 2.30. The van der Waals surface area contributed by atoms with Crippen molar-refractivity contribution in [2.24, 2.45) is 4.99 Å². The SMILES string of the molecule is CCc1ccc(C2C(=O)N=CNC2=O)cc1. The minimum atomic E-state index is -0.795. The number of hydrogen-bond acceptors (Lipinski definition) is 2. The highest BCUT2D eigenvalue weighted by molar-refractivity contribution is 6.14. The van der Waals surface area contributed by atoms with Crippen molar-refractivity contribution in [3.05, 3.63) is 35.4 Å². The van der Waals surface area contributed by atoms with Crippen LogP contribution in [0.15, 0.2) is 29.3 Å². The first kappa shape index (κ1) is 10.5. The first-order valence-electron chi connectivity index (χ1n) is 5.18. The summed E-state index contributed by atoms with van der Waals surface area (Å²) in [6.45, 7) is 2.05. The fourth-order valence-electron chi connectivity index (χ4n) is 1.67. The zero-order chi connectivity index (χ0) is 11.5. The van der Waals surface area contributed by atoms with Crippen LogP contribution in [0.1, 0.15) is 24.0 Å². The minimum Gasteiger partial charge on any atom is -0.316 e. The molecule has 1 N–H and O–H groups in total. The van der Waals surface area contributed by atoms with Crippen LogP contribution in [0.3, 0.4) is 0 Å². The van der Waals surface area contributed by atoms with Crippen molar-refractivity contribution < 1.29 is 9.59 Å². The monoisotopic (exact) mass is 216 g/mol. The molecule has 0 saturated carbocycles. The van der Waals surface area contributed by atoms with Gasteiger partial charge in [0, 0.05) is 0 Å². The molecule has 0 bridgehead atoms. The molecule has 1 unspecified atom stereocenters. The summed E-state index contributed by atoms with van der Waals surface area (Å²) >= 11 is 0. The standard InChI is InChI=1S/C12H12N2O2/c1-2-8-3-5-9(6-4-8)10-11(15)13-7-14-12(10)16/h3-7,10H,2H2,1H3,(H,13,14,15,16). The van der Waals surface area contributed by atoms with Gasteiger partial charge in [-0.05, 0) is 17.5 Å². The van der Waals surface area contributed by atoms with Crippen LogP contribution in [0.4, 0.5) is 0 Å². The Hall–Kier alpha value is -1.97. The van der Waals surface area contributed by atoms with Crippen LogP contribution in [0.2, 0.25) is 0 Å². The molecule has 1 aliphatic heterocycles. The van der Waals surface area contributed by atoms with Crippen molar-refractivity contribution >= 4 is 18.2 Å². The van der Waals surface area contributed by atoms with Crippen LogP contribution in [0.25, 0.3) is 0 Å². The van der Waals surface area contributed by atoms with E-state index in [0.29, 0.717) is 5.56 Å². The van der Waals surface area contributed by atoms with Gasteiger partial charge in [0.1, 0.15) is 5.92 Å². The number of aryl methyl sites for hydroxylation is 1. The van der Waals surface area contributed by atoms with E-state index in [1.807, 2.05) is 24.3 Å². The summed E-state index contributed by atoms with van der Waals surface area (Å²) in [5, 5.41) is 2.44. The van der Waals surface area contributed by atoms with E-state index >= 15 is 0 Å². The van der Waals surface area contributed by atoms with Crippen molar-refractivity contribution in [1.29, 1.82) is 0 Å². The molecule has 0 radical (unpaired) electrons. The molecule has 16 heavy (non-hydrogen) atoms. The molecule has 1 aromatic rings. The second-order valence-corrected chi connectivity index (χ2v) is 3.63. The van der Waals surface area contributed by atoms with E-state index in [2.05, 4.69) is 17.2 Å². The van der Waals surface area contributed by atoms with Crippen molar-refractivity contribution in [2.45, 2.75) is 19.3 Å². The second-order valence-electron chi connectivity index (χ2n) is 3.63. The second kappa shape index (κ2) is 4.26. The van der Waals surface area contributed by atoms with E-state index in [0.717, 1.165) is 12.8 Å². The lowest BCUT2D eigenvalue weighted by Gasteiger charge is -2.15. The Bertz CT molecular complexity index is 449. The van der Waals surface area contributed by atoms with Gasteiger partial charge in [0.15, 0.2) is 0 Å². The Labute approximate surface area is 93.4 Å². The summed E-state index contributed by atoms with van der Waals surface area (Å²) in [7, 11) is 0. The van der Waals surface area contributed by atoms with Gasteiger partial charge in [0.25, 0.3) is 5.91 Å². The molecule has 4 heteroatoms. The highest BCUT2D eigenvalue weighted by Crippen LogP contribution is 2.20. The number of benzene rings is 1. The van der Waals surface area contributed by atoms with Gasteiger partial charge in [-0.25, -0.2) is 4.99 Å². The molecular weight excluding hydrogens is 204 g/mol. The first-order valence-corrected chi connectivity index (χ1v) is 5.18. The van der Waals surface area contributed by atoms with Crippen LogP contribution >= 0.6 is 0 Å². The normalized spacial score (nSPS) is 19.7. The molecule has 0 aliphatic carbocycles. The van der Waals surface area contributed by atoms with Crippen LogP contribution in [0.5, 0.6) is 0 Å². The summed E-state index contributed by atoms with van der Waals surface area (Å²) in [6, 6.07) is 7.46. The molecule has 0 aromatic heterocycles. The highest BCUT2D eigenvalue weighted by atomic mass is 16.2. The number of rotatable bonds is 2. The number of carbonyl (C=O) groups is 2. The summed E-state index contributed by atoms with van der Waals surface area (Å²) in [5.41, 5.74) is 1.87. The molecule has 1 heterocycles. The van der Waals surface area contributed by atoms with Crippen LogP contribution in [0, 0.1) is 0 Å². The van der Waals surface area contributed by atoms with Crippen molar-refractivity contribution in [2.75, 3.05) is 0 Å². The number of nitrogens with one attached hydrogen (secondary N) is 1. The quantitative estimate of drug-likeness (QED) is 0.750. The van der Waals surface area contributed by atoms with E-state index in [9.17, 15) is 9.59 Å². The summed E-state index contributed by atoms with van der Waals surface area (Å²) in [5.74, 6) is -1.52. The number of nitrogens with zero attached hydrogens (tertiary/aromatic N) is 1. The maximum Gasteiger partial charge on any atom is 0.264 e. The van der Waals surface area contributed by atoms with E-state index in [-0.39, 0.29) is 5.91 Å². The third-order valence-corrected chi connectivity index (χ3v) is 2.63. The fourth-order valence-corrected chi connectivity index (χ4v) is 1.67. The third kappa shape index (κ3) is 1.86. The van der Waals surface area contributed by atoms with Gasteiger partial charge in [-0.2, -0.15) is 0 Å². The average molecular weight is 216 g/mol. The molecule has 1 aromatic carbocycles. The Kier molecular flexibility index (Phi) is 2.81. The topological polar surface area (TPSA) is 58.5 Å². The van der Waals surface area contributed by atoms with Gasteiger partial charge in [-0.15, -0.1) is 0 Å².